The molecule has 1 atom stereocenters. The first-order chi connectivity index (χ1) is 14.6. The van der Waals surface area contributed by atoms with Gasteiger partial charge in [0.1, 0.15) is 11.7 Å². The molecule has 2 amide bonds. The van der Waals surface area contributed by atoms with Gasteiger partial charge < -0.3 is 25.2 Å². The van der Waals surface area contributed by atoms with E-state index in [1.54, 1.807) is 12.3 Å². The number of H-pyrrole nitrogens is 1. The van der Waals surface area contributed by atoms with Gasteiger partial charge in [0, 0.05) is 35.2 Å². The van der Waals surface area contributed by atoms with Crippen LogP contribution in [0.1, 0.15) is 11.3 Å². The van der Waals surface area contributed by atoms with Gasteiger partial charge in [-0.05, 0) is 11.6 Å². The van der Waals surface area contributed by atoms with Crippen LogP contribution in [0, 0.1) is 0 Å². The number of hydrogen-bond donors (Lipinski definition) is 4. The summed E-state index contributed by atoms with van der Waals surface area (Å²) >= 11 is 0. The molecular weight excluding hydrogens is 384 g/mol. The predicted molar refractivity (Wildman–Crippen MR) is 111 cm³/mol. The van der Waals surface area contributed by atoms with Crippen molar-refractivity contribution in [3.05, 3.63) is 78.1 Å². The standard InChI is InChI=1S/C22H20N4O4/c27-21(28)19(10-15-12-23-18-9-5-4-8-17(15)18)25-22(29)24-13-16-11-20(30-26-16)14-6-2-1-3-7-14/h1-9,11-12,19,23H,10,13H2,(H,27,28)(H2,24,25,29)/t19-/m0/s1. The molecule has 0 radical (unpaired) electrons. The van der Waals surface area contributed by atoms with E-state index in [2.05, 4.69) is 20.8 Å². The topological polar surface area (TPSA) is 120 Å². The molecule has 4 rings (SSSR count). The van der Waals surface area contributed by atoms with E-state index < -0.39 is 18.0 Å². The minimum atomic E-state index is -1.11. The van der Waals surface area contributed by atoms with Gasteiger partial charge in [0.05, 0.1) is 6.54 Å². The van der Waals surface area contributed by atoms with Crippen molar-refractivity contribution >= 4 is 22.9 Å². The quantitative estimate of drug-likeness (QED) is 0.377. The Morgan fingerprint density at radius 2 is 1.87 bits per heavy atom. The minimum Gasteiger partial charge on any atom is -0.480 e. The number of hydrogen-bond acceptors (Lipinski definition) is 4. The van der Waals surface area contributed by atoms with E-state index in [1.165, 1.54) is 0 Å². The van der Waals surface area contributed by atoms with Gasteiger partial charge in [-0.15, -0.1) is 0 Å². The van der Waals surface area contributed by atoms with Crippen molar-refractivity contribution in [1.29, 1.82) is 0 Å². The number of carbonyl (C=O) groups is 2. The van der Waals surface area contributed by atoms with Crippen molar-refractivity contribution in [3.63, 3.8) is 0 Å². The summed E-state index contributed by atoms with van der Waals surface area (Å²) in [5.41, 5.74) is 3.15. The van der Waals surface area contributed by atoms with Crippen LogP contribution in [0.15, 0.2) is 71.4 Å². The Bertz CT molecular complexity index is 1170. The summed E-state index contributed by atoms with van der Waals surface area (Å²) in [5.74, 6) is -0.515. The molecule has 2 heterocycles. The number of benzene rings is 2. The largest absolute Gasteiger partial charge is 0.480 e. The first kappa shape index (κ1) is 19.3. The summed E-state index contributed by atoms with van der Waals surface area (Å²) in [5, 5.41) is 19.5. The van der Waals surface area contributed by atoms with Crippen LogP contribution in [0.25, 0.3) is 22.2 Å². The third kappa shape index (κ3) is 4.33. The van der Waals surface area contributed by atoms with Crippen LogP contribution in [0.4, 0.5) is 4.79 Å². The van der Waals surface area contributed by atoms with Crippen LogP contribution >= 0.6 is 0 Å². The first-order valence-corrected chi connectivity index (χ1v) is 9.43. The molecule has 2 aromatic heterocycles. The van der Waals surface area contributed by atoms with Gasteiger partial charge in [-0.2, -0.15) is 0 Å². The highest BCUT2D eigenvalue weighted by Gasteiger charge is 2.22. The zero-order chi connectivity index (χ0) is 20.9. The van der Waals surface area contributed by atoms with Crippen LogP contribution < -0.4 is 10.6 Å². The second kappa shape index (κ2) is 8.52. The minimum absolute atomic E-state index is 0.113. The first-order valence-electron chi connectivity index (χ1n) is 9.43. The van der Waals surface area contributed by atoms with Gasteiger partial charge in [0.15, 0.2) is 5.76 Å². The molecule has 0 aliphatic carbocycles. The Morgan fingerprint density at radius 3 is 2.67 bits per heavy atom. The van der Waals surface area contributed by atoms with Gasteiger partial charge in [-0.1, -0.05) is 53.7 Å². The van der Waals surface area contributed by atoms with E-state index in [9.17, 15) is 14.7 Å². The van der Waals surface area contributed by atoms with E-state index in [1.807, 2.05) is 54.6 Å². The number of nitrogens with one attached hydrogen (secondary N) is 3. The number of aromatic amines is 1. The van der Waals surface area contributed by atoms with Gasteiger partial charge in [-0.25, -0.2) is 9.59 Å². The monoisotopic (exact) mass is 404 g/mol. The molecule has 152 valence electrons. The Kier molecular flexibility index (Phi) is 5.47. The number of aromatic nitrogens is 2. The number of carbonyl (C=O) groups excluding carboxylic acids is 1. The number of para-hydroxylation sites is 1. The number of nitrogens with zero attached hydrogens (tertiary/aromatic N) is 1. The lowest BCUT2D eigenvalue weighted by Gasteiger charge is -2.14. The molecule has 0 saturated heterocycles. The Labute approximate surface area is 171 Å². The highest BCUT2D eigenvalue weighted by Crippen LogP contribution is 2.20. The summed E-state index contributed by atoms with van der Waals surface area (Å²) in [6.07, 6.45) is 1.93. The van der Waals surface area contributed by atoms with Crippen molar-refractivity contribution < 1.29 is 19.2 Å². The molecule has 8 nitrogen and oxygen atoms in total. The maximum atomic E-state index is 12.2. The third-order valence-electron chi connectivity index (χ3n) is 4.75. The molecule has 0 bridgehead atoms. The zero-order valence-corrected chi connectivity index (χ0v) is 16.0. The lowest BCUT2D eigenvalue weighted by Crippen LogP contribution is -2.46. The maximum absolute atomic E-state index is 12.2. The van der Waals surface area contributed by atoms with E-state index in [0.717, 1.165) is 22.0 Å². The fourth-order valence-electron chi connectivity index (χ4n) is 3.23. The molecule has 30 heavy (non-hydrogen) atoms. The third-order valence-corrected chi connectivity index (χ3v) is 4.75. The Balaban J connectivity index is 1.36. The number of carboxylic acids is 1. The van der Waals surface area contributed by atoms with Gasteiger partial charge in [0.2, 0.25) is 0 Å². The number of fused-ring (bicyclic) bond motifs is 1. The van der Waals surface area contributed by atoms with Crippen LogP contribution in [-0.2, 0) is 17.8 Å². The molecule has 4 aromatic rings. The predicted octanol–water partition coefficient (Wildman–Crippen LogP) is 3.32. The molecule has 0 spiro atoms. The van der Waals surface area contributed by atoms with Crippen molar-refractivity contribution in [1.82, 2.24) is 20.8 Å². The molecule has 0 saturated carbocycles. The van der Waals surface area contributed by atoms with Gasteiger partial charge >= 0.3 is 12.0 Å². The highest BCUT2D eigenvalue weighted by atomic mass is 16.5. The average molecular weight is 404 g/mol. The molecule has 4 N–H and O–H groups in total. The van der Waals surface area contributed by atoms with Gasteiger partial charge in [-0.3, -0.25) is 0 Å². The number of rotatable bonds is 7. The van der Waals surface area contributed by atoms with E-state index in [4.69, 9.17) is 4.52 Å². The molecule has 8 heteroatoms. The van der Waals surface area contributed by atoms with Crippen molar-refractivity contribution in [3.8, 4) is 11.3 Å². The van der Waals surface area contributed by atoms with Crippen molar-refractivity contribution in [2.75, 3.05) is 0 Å². The van der Waals surface area contributed by atoms with E-state index >= 15 is 0 Å². The molecule has 2 aromatic carbocycles. The van der Waals surface area contributed by atoms with Crippen LogP contribution in [0.5, 0.6) is 0 Å². The lowest BCUT2D eigenvalue weighted by molar-refractivity contribution is -0.139. The molecule has 0 fully saturated rings. The van der Waals surface area contributed by atoms with E-state index in [0.29, 0.717) is 11.5 Å². The number of urea groups is 1. The number of carboxylic acid groups (broad SMARTS) is 1. The van der Waals surface area contributed by atoms with E-state index in [-0.39, 0.29) is 13.0 Å². The van der Waals surface area contributed by atoms with Crippen LogP contribution in [-0.4, -0.2) is 33.3 Å². The summed E-state index contributed by atoms with van der Waals surface area (Å²) in [4.78, 5) is 27.0. The SMILES string of the molecule is O=C(NCc1cc(-c2ccccc2)on1)N[C@@H](Cc1c[nH]c2ccccc12)C(=O)O. The van der Waals surface area contributed by atoms with Gasteiger partial charge in [0.25, 0.3) is 0 Å². The molecule has 0 aliphatic heterocycles. The Hall–Kier alpha value is -4.07. The normalized spacial score (nSPS) is 11.9. The summed E-state index contributed by atoms with van der Waals surface area (Å²) < 4.78 is 5.29. The average Bonchev–Trinajstić information content (AvgIpc) is 3.40. The summed E-state index contributed by atoms with van der Waals surface area (Å²) in [6.45, 7) is 0.113. The second-order valence-electron chi connectivity index (χ2n) is 6.83. The fraction of sp³-hybridized carbons (Fsp3) is 0.136. The van der Waals surface area contributed by atoms with Crippen LogP contribution in [0.2, 0.25) is 0 Å². The number of amides is 2. The maximum Gasteiger partial charge on any atom is 0.326 e. The van der Waals surface area contributed by atoms with Crippen molar-refractivity contribution in [2.45, 2.75) is 19.0 Å². The molecule has 0 unspecified atom stereocenters. The molecule has 0 aliphatic rings. The second-order valence-corrected chi connectivity index (χ2v) is 6.83. The summed E-state index contributed by atoms with van der Waals surface area (Å²) in [7, 11) is 0. The zero-order valence-electron chi connectivity index (χ0n) is 16.0. The number of aliphatic carboxylic acids is 1. The van der Waals surface area contributed by atoms with Crippen molar-refractivity contribution in [2.24, 2.45) is 0 Å². The Morgan fingerprint density at radius 1 is 1.10 bits per heavy atom. The fourth-order valence-corrected chi connectivity index (χ4v) is 3.23. The van der Waals surface area contributed by atoms with Crippen LogP contribution in [0.3, 0.4) is 0 Å². The smallest absolute Gasteiger partial charge is 0.326 e. The highest BCUT2D eigenvalue weighted by molar-refractivity contribution is 5.86. The summed E-state index contributed by atoms with van der Waals surface area (Å²) in [6, 6.07) is 17.2. The lowest BCUT2D eigenvalue weighted by atomic mass is 10.1. The molecular formula is C22H20N4O4.